The number of carbonyl (C=O) groups is 1. The number of aromatic nitrogens is 2. The molecule has 0 saturated carbocycles. The van der Waals surface area contributed by atoms with Gasteiger partial charge in [-0.25, -0.2) is 4.39 Å². The molecule has 1 aromatic carbocycles. The molecule has 0 fully saturated rings. The summed E-state index contributed by atoms with van der Waals surface area (Å²) in [6, 6.07) is 6.05. The van der Waals surface area contributed by atoms with E-state index >= 15 is 0 Å². The molecule has 0 bridgehead atoms. The first kappa shape index (κ1) is 14.7. The molecule has 0 N–H and O–H groups in total. The van der Waals surface area contributed by atoms with Crippen molar-refractivity contribution in [3.8, 4) is 0 Å². The van der Waals surface area contributed by atoms with Crippen molar-refractivity contribution in [2.75, 3.05) is 0 Å². The Kier molecular flexibility index (Phi) is 4.55. The van der Waals surface area contributed by atoms with E-state index in [9.17, 15) is 9.18 Å². The summed E-state index contributed by atoms with van der Waals surface area (Å²) in [7, 11) is 0. The molecule has 1 heterocycles. The van der Waals surface area contributed by atoms with Crippen LogP contribution < -0.4 is 0 Å². The van der Waals surface area contributed by atoms with Crippen molar-refractivity contribution in [1.82, 2.24) is 9.78 Å². The number of benzene rings is 1. The van der Waals surface area contributed by atoms with E-state index in [2.05, 4.69) is 5.10 Å². The number of aryl methyl sites for hydroxylation is 2. The van der Waals surface area contributed by atoms with Crippen molar-refractivity contribution in [3.05, 3.63) is 52.1 Å². The second-order valence-corrected chi connectivity index (χ2v) is 4.93. The quantitative estimate of drug-likeness (QED) is 0.788. The van der Waals surface area contributed by atoms with E-state index in [0.717, 1.165) is 17.8 Å². The Bertz CT molecular complexity index is 637. The number of rotatable bonds is 5. The summed E-state index contributed by atoms with van der Waals surface area (Å²) >= 11 is 5.61. The molecule has 0 aliphatic heterocycles. The molecule has 1 aromatic heterocycles. The molecule has 3 nitrogen and oxygen atoms in total. The zero-order valence-electron chi connectivity index (χ0n) is 11.5. The smallest absolute Gasteiger partial charge is 0.168 e. The van der Waals surface area contributed by atoms with E-state index < -0.39 is 5.82 Å². The van der Waals surface area contributed by atoms with Crippen molar-refractivity contribution in [1.29, 1.82) is 0 Å². The number of nitrogens with zero attached hydrogens (tertiary/aromatic N) is 2. The van der Waals surface area contributed by atoms with Crippen LogP contribution in [0.3, 0.4) is 0 Å². The predicted molar refractivity (Wildman–Crippen MR) is 76.7 cm³/mol. The summed E-state index contributed by atoms with van der Waals surface area (Å²) in [5.74, 6) is -0.714. The Labute approximate surface area is 122 Å². The van der Waals surface area contributed by atoms with Crippen LogP contribution in [-0.2, 0) is 19.4 Å². The zero-order chi connectivity index (χ0) is 14.7. The Balaban J connectivity index is 2.22. The lowest BCUT2D eigenvalue weighted by molar-refractivity contribution is 0.0990. The van der Waals surface area contributed by atoms with E-state index in [1.807, 2.05) is 24.6 Å². The number of hydrogen-bond donors (Lipinski definition) is 0. The van der Waals surface area contributed by atoms with Crippen molar-refractivity contribution >= 4 is 17.4 Å². The van der Waals surface area contributed by atoms with Crippen LogP contribution in [0.15, 0.2) is 24.3 Å². The third-order valence-corrected chi connectivity index (χ3v) is 3.47. The number of Topliss-reactive ketones (excluding diaryl/α,β-unsaturated/α-hetero) is 1. The monoisotopic (exact) mass is 294 g/mol. The van der Waals surface area contributed by atoms with Gasteiger partial charge in [0.2, 0.25) is 0 Å². The number of hydrogen-bond acceptors (Lipinski definition) is 2. The second kappa shape index (κ2) is 6.18. The Morgan fingerprint density at radius 1 is 1.35 bits per heavy atom. The first-order chi connectivity index (χ1) is 9.55. The van der Waals surface area contributed by atoms with Gasteiger partial charge in [-0.15, -0.1) is 0 Å². The third-order valence-electron chi connectivity index (χ3n) is 3.16. The average molecular weight is 295 g/mol. The van der Waals surface area contributed by atoms with Crippen LogP contribution in [0.2, 0.25) is 5.02 Å². The van der Waals surface area contributed by atoms with Crippen LogP contribution >= 0.6 is 11.6 Å². The van der Waals surface area contributed by atoms with Gasteiger partial charge in [-0.3, -0.25) is 9.48 Å². The normalized spacial score (nSPS) is 10.8. The predicted octanol–water partition coefficient (Wildman–Crippen LogP) is 3.68. The summed E-state index contributed by atoms with van der Waals surface area (Å²) in [4.78, 5) is 12.2. The van der Waals surface area contributed by atoms with E-state index in [1.165, 1.54) is 12.1 Å². The molecule has 106 valence electrons. The van der Waals surface area contributed by atoms with Crippen LogP contribution in [0.5, 0.6) is 0 Å². The molecule has 20 heavy (non-hydrogen) atoms. The average Bonchev–Trinajstić information content (AvgIpc) is 2.84. The lowest BCUT2D eigenvalue weighted by Gasteiger charge is -2.04. The molecule has 0 aliphatic rings. The highest BCUT2D eigenvalue weighted by Crippen LogP contribution is 2.17. The molecular weight excluding hydrogens is 279 g/mol. The molecule has 5 heteroatoms. The first-order valence-electron chi connectivity index (χ1n) is 6.59. The van der Waals surface area contributed by atoms with Crippen molar-refractivity contribution < 1.29 is 9.18 Å². The van der Waals surface area contributed by atoms with Crippen molar-refractivity contribution in [3.63, 3.8) is 0 Å². The highest BCUT2D eigenvalue weighted by Gasteiger charge is 2.13. The molecular formula is C15H16ClFN2O. The highest BCUT2D eigenvalue weighted by atomic mass is 35.5. The zero-order valence-corrected chi connectivity index (χ0v) is 12.2. The molecule has 0 amide bonds. The van der Waals surface area contributed by atoms with Crippen LogP contribution in [0.1, 0.15) is 35.6 Å². The van der Waals surface area contributed by atoms with Gasteiger partial charge in [0, 0.05) is 17.8 Å². The fourth-order valence-electron chi connectivity index (χ4n) is 2.04. The minimum atomic E-state index is -0.573. The summed E-state index contributed by atoms with van der Waals surface area (Å²) in [6.45, 7) is 4.70. The Hall–Kier alpha value is -1.68. The van der Waals surface area contributed by atoms with E-state index in [1.54, 1.807) is 6.07 Å². The van der Waals surface area contributed by atoms with E-state index in [0.29, 0.717) is 12.1 Å². The maximum Gasteiger partial charge on any atom is 0.168 e. The fourth-order valence-corrected chi connectivity index (χ4v) is 2.16. The topological polar surface area (TPSA) is 34.9 Å². The largest absolute Gasteiger partial charge is 0.294 e. The summed E-state index contributed by atoms with van der Waals surface area (Å²) in [5, 5.41) is 4.42. The number of carbonyl (C=O) groups excluding carboxylic acids is 1. The fraction of sp³-hybridized carbons (Fsp3) is 0.333. The van der Waals surface area contributed by atoms with Gasteiger partial charge in [0.05, 0.1) is 17.1 Å². The van der Waals surface area contributed by atoms with Crippen molar-refractivity contribution in [2.45, 2.75) is 33.2 Å². The summed E-state index contributed by atoms with van der Waals surface area (Å²) in [6.07, 6.45) is 1.03. The maximum atomic E-state index is 13.4. The lowest BCUT2D eigenvalue weighted by atomic mass is 10.1. The number of halogens is 2. The molecule has 0 saturated heterocycles. The van der Waals surface area contributed by atoms with Gasteiger partial charge in [0.25, 0.3) is 0 Å². The molecule has 2 rings (SSSR count). The minimum absolute atomic E-state index is 0.0217. The molecule has 0 unspecified atom stereocenters. The molecule has 0 aliphatic carbocycles. The van der Waals surface area contributed by atoms with Gasteiger partial charge >= 0.3 is 0 Å². The number of ketones is 1. The van der Waals surface area contributed by atoms with Crippen LogP contribution in [0.25, 0.3) is 0 Å². The van der Waals surface area contributed by atoms with Gasteiger partial charge < -0.3 is 0 Å². The van der Waals surface area contributed by atoms with Gasteiger partial charge in [-0.2, -0.15) is 5.10 Å². The Morgan fingerprint density at radius 3 is 2.70 bits per heavy atom. The lowest BCUT2D eigenvalue weighted by Crippen LogP contribution is -2.10. The van der Waals surface area contributed by atoms with Gasteiger partial charge in [-0.05, 0) is 37.6 Å². The molecule has 0 spiro atoms. The van der Waals surface area contributed by atoms with E-state index in [-0.39, 0.29) is 17.2 Å². The minimum Gasteiger partial charge on any atom is -0.294 e. The molecule has 0 atom stereocenters. The van der Waals surface area contributed by atoms with Crippen molar-refractivity contribution in [2.24, 2.45) is 0 Å². The van der Waals surface area contributed by atoms with Gasteiger partial charge in [-0.1, -0.05) is 18.5 Å². The second-order valence-electron chi connectivity index (χ2n) is 4.53. The van der Waals surface area contributed by atoms with Gasteiger partial charge in [0.1, 0.15) is 5.82 Å². The maximum absolute atomic E-state index is 13.4. The summed E-state index contributed by atoms with van der Waals surface area (Å²) < 4.78 is 15.2. The van der Waals surface area contributed by atoms with Crippen LogP contribution in [0.4, 0.5) is 4.39 Å². The molecule has 0 radical (unpaired) electrons. The van der Waals surface area contributed by atoms with Crippen LogP contribution in [-0.4, -0.2) is 15.6 Å². The first-order valence-corrected chi connectivity index (χ1v) is 6.96. The molecule has 2 aromatic rings. The van der Waals surface area contributed by atoms with Gasteiger partial charge in [0.15, 0.2) is 5.78 Å². The third kappa shape index (κ3) is 3.07. The highest BCUT2D eigenvalue weighted by molar-refractivity contribution is 6.30. The standard InChI is InChI=1S/C15H16ClFN2O/c1-3-11-8-12(19(4-2)18-11)9-15(20)10-5-6-13(16)14(17)7-10/h5-8H,3-4,9H2,1-2H3. The Morgan fingerprint density at radius 2 is 2.10 bits per heavy atom. The SMILES string of the molecule is CCc1cc(CC(=O)c2ccc(Cl)c(F)c2)n(CC)n1. The summed E-state index contributed by atoms with van der Waals surface area (Å²) in [5.41, 5.74) is 2.13. The van der Waals surface area contributed by atoms with Crippen LogP contribution in [0, 0.1) is 5.82 Å². The van der Waals surface area contributed by atoms with E-state index in [4.69, 9.17) is 11.6 Å².